The Labute approximate surface area is 183 Å². The van der Waals surface area contributed by atoms with Crippen molar-refractivity contribution < 1.29 is 4.79 Å². The maximum Gasteiger partial charge on any atom is 0.253 e. The van der Waals surface area contributed by atoms with Crippen LogP contribution in [-0.2, 0) is 4.79 Å². The monoisotopic (exact) mass is 438 g/mol. The third-order valence-corrected chi connectivity index (χ3v) is 6.21. The molecule has 0 radical (unpaired) electrons. The van der Waals surface area contributed by atoms with E-state index in [0.717, 1.165) is 22.6 Å². The van der Waals surface area contributed by atoms with Crippen molar-refractivity contribution in [3.63, 3.8) is 0 Å². The van der Waals surface area contributed by atoms with Gasteiger partial charge in [0.15, 0.2) is 5.13 Å². The molecule has 0 saturated carbocycles. The van der Waals surface area contributed by atoms with Crippen LogP contribution >= 0.6 is 23.1 Å². The second-order valence-electron chi connectivity index (χ2n) is 7.29. The van der Waals surface area contributed by atoms with Gasteiger partial charge in [-0.25, -0.2) is 14.5 Å². The van der Waals surface area contributed by atoms with Crippen molar-refractivity contribution in [3.05, 3.63) is 51.7 Å². The van der Waals surface area contributed by atoms with Crippen molar-refractivity contribution >= 4 is 39.9 Å². The van der Waals surface area contributed by atoms with E-state index in [0.29, 0.717) is 16.1 Å². The molecule has 0 aliphatic heterocycles. The molecule has 3 aromatic heterocycles. The highest BCUT2D eigenvalue weighted by Gasteiger charge is 2.14. The van der Waals surface area contributed by atoms with Crippen molar-refractivity contribution in [2.45, 2.75) is 39.8 Å². The number of thiazole rings is 1. The van der Waals surface area contributed by atoms with Gasteiger partial charge in [0, 0.05) is 22.3 Å². The Hall–Kier alpha value is -2.78. The van der Waals surface area contributed by atoms with Crippen LogP contribution < -0.4 is 5.32 Å². The van der Waals surface area contributed by atoms with Crippen molar-refractivity contribution in [2.24, 2.45) is 0 Å². The number of aromatic nitrogens is 5. The van der Waals surface area contributed by atoms with Gasteiger partial charge in [-0.05, 0) is 51.8 Å². The molecule has 1 aromatic carbocycles. The Morgan fingerprint density at radius 1 is 1.07 bits per heavy atom. The van der Waals surface area contributed by atoms with E-state index in [2.05, 4.69) is 58.3 Å². The summed E-state index contributed by atoms with van der Waals surface area (Å²) in [6.45, 7) is 10.1. The first-order valence-corrected chi connectivity index (χ1v) is 11.3. The topological polar surface area (TPSA) is 85.1 Å². The lowest BCUT2D eigenvalue weighted by molar-refractivity contribution is -0.113. The zero-order valence-electron chi connectivity index (χ0n) is 17.5. The number of carbonyl (C=O) groups excluding carboxylic acids is 1. The van der Waals surface area contributed by atoms with Crippen LogP contribution in [0.15, 0.2) is 28.7 Å². The van der Waals surface area contributed by atoms with Gasteiger partial charge in [0.2, 0.25) is 11.1 Å². The van der Waals surface area contributed by atoms with E-state index in [1.807, 2.05) is 25.3 Å². The number of fused-ring (bicyclic) bond motifs is 1. The number of thioether (sulfide) groups is 1. The molecule has 154 valence electrons. The van der Waals surface area contributed by atoms with Crippen LogP contribution in [0.4, 0.5) is 5.13 Å². The molecule has 4 aromatic rings. The standard InChI is InChI=1S/C21H22N6OS2/c1-11-6-12(2)18(13(3)7-11)16-9-29-20(23-16)24-17(28)10-30-21-25-19-22-14(4)8-15(5)27(19)26-21/h6-9H,10H2,1-5H3,(H,23,24,28). The van der Waals surface area contributed by atoms with Gasteiger partial charge in [-0.3, -0.25) is 4.79 Å². The molecule has 0 aliphatic rings. The Bertz CT molecular complexity index is 1240. The number of anilines is 1. The van der Waals surface area contributed by atoms with Gasteiger partial charge >= 0.3 is 0 Å². The summed E-state index contributed by atoms with van der Waals surface area (Å²) in [5, 5.41) is 10.4. The van der Waals surface area contributed by atoms with Crippen LogP contribution in [0.5, 0.6) is 0 Å². The molecule has 30 heavy (non-hydrogen) atoms. The summed E-state index contributed by atoms with van der Waals surface area (Å²) < 4.78 is 1.69. The number of nitrogens with one attached hydrogen (secondary N) is 1. The van der Waals surface area contributed by atoms with E-state index in [9.17, 15) is 4.79 Å². The summed E-state index contributed by atoms with van der Waals surface area (Å²) in [6, 6.07) is 6.24. The molecule has 4 rings (SSSR count). The summed E-state index contributed by atoms with van der Waals surface area (Å²) in [6.07, 6.45) is 0. The summed E-state index contributed by atoms with van der Waals surface area (Å²) in [5.41, 5.74) is 7.46. The number of carbonyl (C=O) groups is 1. The molecular weight excluding hydrogens is 416 g/mol. The first-order valence-electron chi connectivity index (χ1n) is 9.47. The number of nitrogens with zero attached hydrogens (tertiary/aromatic N) is 5. The third-order valence-electron chi connectivity index (χ3n) is 4.61. The average molecular weight is 439 g/mol. The highest BCUT2D eigenvalue weighted by Crippen LogP contribution is 2.31. The Morgan fingerprint density at radius 3 is 2.53 bits per heavy atom. The minimum absolute atomic E-state index is 0.141. The van der Waals surface area contributed by atoms with E-state index >= 15 is 0 Å². The van der Waals surface area contributed by atoms with Gasteiger partial charge in [-0.1, -0.05) is 29.5 Å². The van der Waals surface area contributed by atoms with Gasteiger partial charge in [0.05, 0.1) is 11.4 Å². The van der Waals surface area contributed by atoms with Crippen LogP contribution in [0.2, 0.25) is 0 Å². The van der Waals surface area contributed by atoms with E-state index in [4.69, 9.17) is 0 Å². The van der Waals surface area contributed by atoms with Crippen molar-refractivity contribution in [3.8, 4) is 11.3 Å². The molecule has 0 spiro atoms. The smallest absolute Gasteiger partial charge is 0.253 e. The van der Waals surface area contributed by atoms with Crippen LogP contribution in [0.1, 0.15) is 28.1 Å². The molecular formula is C21H22N6OS2. The molecule has 0 atom stereocenters. The van der Waals surface area contributed by atoms with Gasteiger partial charge in [0.1, 0.15) is 0 Å². The summed E-state index contributed by atoms with van der Waals surface area (Å²) in [5.74, 6) is 0.605. The lowest BCUT2D eigenvalue weighted by Crippen LogP contribution is -2.14. The Balaban J connectivity index is 1.43. The molecule has 0 bridgehead atoms. The number of amides is 1. The number of rotatable bonds is 5. The second kappa shape index (κ2) is 8.16. The molecule has 0 unspecified atom stereocenters. The fourth-order valence-corrected chi connectivity index (χ4v) is 4.86. The molecule has 3 heterocycles. The largest absolute Gasteiger partial charge is 0.301 e. The summed E-state index contributed by atoms with van der Waals surface area (Å²) >= 11 is 2.71. The molecule has 7 nitrogen and oxygen atoms in total. The van der Waals surface area contributed by atoms with E-state index in [1.165, 1.54) is 39.8 Å². The minimum Gasteiger partial charge on any atom is -0.301 e. The quantitative estimate of drug-likeness (QED) is 0.461. The number of hydrogen-bond donors (Lipinski definition) is 1. The zero-order valence-corrected chi connectivity index (χ0v) is 19.1. The zero-order chi connectivity index (χ0) is 21.4. The summed E-state index contributed by atoms with van der Waals surface area (Å²) in [4.78, 5) is 25.8. The van der Waals surface area contributed by atoms with Crippen LogP contribution in [0, 0.1) is 34.6 Å². The van der Waals surface area contributed by atoms with E-state index in [-0.39, 0.29) is 11.7 Å². The molecule has 0 saturated heterocycles. The van der Waals surface area contributed by atoms with Crippen molar-refractivity contribution in [1.82, 2.24) is 24.6 Å². The highest BCUT2D eigenvalue weighted by molar-refractivity contribution is 7.99. The maximum absolute atomic E-state index is 12.4. The maximum atomic E-state index is 12.4. The van der Waals surface area contributed by atoms with Crippen LogP contribution in [0.3, 0.4) is 0 Å². The van der Waals surface area contributed by atoms with Crippen molar-refractivity contribution in [1.29, 1.82) is 0 Å². The number of benzene rings is 1. The van der Waals surface area contributed by atoms with E-state index < -0.39 is 0 Å². The fraction of sp³-hybridized carbons (Fsp3) is 0.286. The normalized spacial score (nSPS) is 11.2. The molecule has 9 heteroatoms. The van der Waals surface area contributed by atoms with E-state index in [1.54, 1.807) is 4.52 Å². The highest BCUT2D eigenvalue weighted by atomic mass is 32.2. The second-order valence-corrected chi connectivity index (χ2v) is 9.09. The van der Waals surface area contributed by atoms with Gasteiger partial charge in [0.25, 0.3) is 5.78 Å². The molecule has 0 aliphatic carbocycles. The molecule has 1 N–H and O–H groups in total. The SMILES string of the molecule is Cc1cc(C)c(-c2csc(NC(=O)CSc3nc4nc(C)cc(C)n4n3)n2)c(C)c1. The molecule has 1 amide bonds. The van der Waals surface area contributed by atoms with Gasteiger partial charge < -0.3 is 5.32 Å². The Kier molecular flexibility index (Phi) is 5.57. The van der Waals surface area contributed by atoms with Crippen LogP contribution in [-0.4, -0.2) is 36.2 Å². The predicted octanol–water partition coefficient (Wildman–Crippen LogP) is 4.52. The minimum atomic E-state index is -0.141. The fourth-order valence-electron chi connectivity index (χ4n) is 3.52. The van der Waals surface area contributed by atoms with Gasteiger partial charge in [-0.15, -0.1) is 16.4 Å². The summed E-state index contributed by atoms with van der Waals surface area (Å²) in [7, 11) is 0. The number of aryl methyl sites for hydroxylation is 5. The first-order chi connectivity index (χ1) is 14.3. The average Bonchev–Trinajstić information content (AvgIpc) is 3.26. The number of hydrogen-bond acceptors (Lipinski definition) is 7. The predicted molar refractivity (Wildman–Crippen MR) is 121 cm³/mol. The first kappa shape index (κ1) is 20.5. The van der Waals surface area contributed by atoms with Crippen molar-refractivity contribution in [2.75, 3.05) is 11.1 Å². The Morgan fingerprint density at radius 2 is 1.80 bits per heavy atom. The third kappa shape index (κ3) is 4.22. The molecule has 0 fully saturated rings. The lowest BCUT2D eigenvalue weighted by atomic mass is 9.98. The lowest BCUT2D eigenvalue weighted by Gasteiger charge is -2.08. The van der Waals surface area contributed by atoms with Gasteiger partial charge in [-0.2, -0.15) is 4.98 Å². The van der Waals surface area contributed by atoms with Crippen LogP contribution in [0.25, 0.3) is 17.0 Å².